The predicted octanol–water partition coefficient (Wildman–Crippen LogP) is 3.36. The van der Waals surface area contributed by atoms with Gasteiger partial charge >= 0.3 is 0 Å². The Kier molecular flexibility index (Phi) is 3.15. The number of pyridine rings is 1. The maximum atomic E-state index is 5.91. The lowest BCUT2D eigenvalue weighted by molar-refractivity contribution is 0.603. The van der Waals surface area contributed by atoms with Crippen molar-refractivity contribution in [1.29, 1.82) is 0 Å². The number of rotatable bonds is 4. The first kappa shape index (κ1) is 10.7. The van der Waals surface area contributed by atoms with Crippen molar-refractivity contribution in [2.45, 2.75) is 32.7 Å². The van der Waals surface area contributed by atoms with Gasteiger partial charge in [-0.25, -0.2) is 4.98 Å². The second kappa shape index (κ2) is 4.40. The number of nitrogens with zero attached hydrogens (tertiary/aromatic N) is 2. The lowest BCUT2D eigenvalue weighted by Gasteiger charge is -2.25. The molecule has 1 aliphatic rings. The van der Waals surface area contributed by atoms with Crippen LogP contribution in [0.3, 0.4) is 0 Å². The first-order valence-electron chi connectivity index (χ1n) is 5.56. The molecule has 0 unspecified atom stereocenters. The summed E-state index contributed by atoms with van der Waals surface area (Å²) in [5.74, 6) is 1.69. The normalized spacial score (nSPS) is 15.7. The van der Waals surface area contributed by atoms with Gasteiger partial charge in [-0.05, 0) is 30.9 Å². The van der Waals surface area contributed by atoms with E-state index in [0.29, 0.717) is 17.1 Å². The molecule has 1 heterocycles. The van der Waals surface area contributed by atoms with Crippen LogP contribution in [0.1, 0.15) is 26.7 Å². The number of halogens is 1. The van der Waals surface area contributed by atoms with E-state index in [2.05, 4.69) is 23.7 Å². The molecule has 0 saturated heterocycles. The van der Waals surface area contributed by atoms with Crippen molar-refractivity contribution in [3.05, 3.63) is 23.4 Å². The summed E-state index contributed by atoms with van der Waals surface area (Å²) >= 11 is 5.91. The van der Waals surface area contributed by atoms with Crippen molar-refractivity contribution in [1.82, 2.24) is 4.98 Å². The lowest BCUT2D eigenvalue weighted by atomic mass is 10.2. The van der Waals surface area contributed by atoms with Crippen molar-refractivity contribution in [3.63, 3.8) is 0 Å². The maximum Gasteiger partial charge on any atom is 0.131 e. The summed E-state index contributed by atoms with van der Waals surface area (Å²) in [6.07, 6.45) is 2.59. The van der Waals surface area contributed by atoms with E-state index in [-0.39, 0.29) is 0 Å². The molecule has 0 atom stereocenters. The van der Waals surface area contributed by atoms with Crippen LogP contribution in [-0.4, -0.2) is 17.6 Å². The quantitative estimate of drug-likeness (QED) is 0.730. The Hall–Kier alpha value is -0.760. The average molecular weight is 225 g/mol. The smallest absolute Gasteiger partial charge is 0.131 e. The number of hydrogen-bond acceptors (Lipinski definition) is 2. The van der Waals surface area contributed by atoms with E-state index >= 15 is 0 Å². The summed E-state index contributed by atoms with van der Waals surface area (Å²) < 4.78 is 0. The van der Waals surface area contributed by atoms with Gasteiger partial charge < -0.3 is 4.90 Å². The van der Waals surface area contributed by atoms with Crippen LogP contribution in [0.15, 0.2) is 18.2 Å². The van der Waals surface area contributed by atoms with Gasteiger partial charge in [0.15, 0.2) is 0 Å². The Labute approximate surface area is 96.3 Å². The largest absolute Gasteiger partial charge is 0.353 e. The molecule has 3 heteroatoms. The van der Waals surface area contributed by atoms with Crippen molar-refractivity contribution >= 4 is 17.4 Å². The van der Waals surface area contributed by atoms with Gasteiger partial charge in [0.1, 0.15) is 11.0 Å². The molecule has 1 aromatic rings. The molecule has 0 aromatic carbocycles. The molecule has 1 fully saturated rings. The Morgan fingerprint density at radius 2 is 2.20 bits per heavy atom. The van der Waals surface area contributed by atoms with Crippen molar-refractivity contribution < 1.29 is 0 Å². The molecular formula is C12H17ClN2. The van der Waals surface area contributed by atoms with Gasteiger partial charge in [0.2, 0.25) is 0 Å². The maximum absolute atomic E-state index is 5.91. The molecule has 0 N–H and O–H groups in total. The molecule has 0 radical (unpaired) electrons. The molecule has 0 bridgehead atoms. The molecule has 1 saturated carbocycles. The number of aromatic nitrogens is 1. The molecule has 0 spiro atoms. The average Bonchev–Trinajstić information content (AvgIpc) is 2.97. The van der Waals surface area contributed by atoms with E-state index in [0.717, 1.165) is 12.4 Å². The van der Waals surface area contributed by atoms with Crippen LogP contribution in [-0.2, 0) is 0 Å². The highest BCUT2D eigenvalue weighted by Gasteiger charge is 2.30. The summed E-state index contributed by atoms with van der Waals surface area (Å²) in [5, 5.41) is 0.585. The van der Waals surface area contributed by atoms with Gasteiger partial charge in [0, 0.05) is 12.6 Å². The van der Waals surface area contributed by atoms with E-state index in [4.69, 9.17) is 11.6 Å². The zero-order valence-electron chi connectivity index (χ0n) is 9.28. The summed E-state index contributed by atoms with van der Waals surface area (Å²) in [6, 6.07) is 6.54. The third-order valence-corrected chi connectivity index (χ3v) is 2.75. The molecule has 1 aromatic heterocycles. The summed E-state index contributed by atoms with van der Waals surface area (Å²) in [6.45, 7) is 5.54. The first-order valence-corrected chi connectivity index (χ1v) is 5.94. The van der Waals surface area contributed by atoms with E-state index in [1.54, 1.807) is 0 Å². The second-order valence-electron chi connectivity index (χ2n) is 4.60. The zero-order chi connectivity index (χ0) is 10.8. The highest BCUT2D eigenvalue weighted by molar-refractivity contribution is 6.29. The van der Waals surface area contributed by atoms with Crippen molar-refractivity contribution in [3.8, 4) is 0 Å². The van der Waals surface area contributed by atoms with Gasteiger partial charge in [0.05, 0.1) is 0 Å². The molecule has 2 nitrogen and oxygen atoms in total. The fourth-order valence-corrected chi connectivity index (χ4v) is 1.93. The minimum Gasteiger partial charge on any atom is -0.353 e. The monoisotopic (exact) mass is 224 g/mol. The fraction of sp³-hybridized carbons (Fsp3) is 0.583. The molecule has 0 aliphatic heterocycles. The Balaban J connectivity index is 2.16. The van der Waals surface area contributed by atoms with Crippen molar-refractivity contribution in [2.24, 2.45) is 5.92 Å². The fourth-order valence-electron chi connectivity index (χ4n) is 1.77. The van der Waals surface area contributed by atoms with Gasteiger partial charge in [-0.1, -0.05) is 31.5 Å². The SMILES string of the molecule is CC(C)CN(c1cccc(Cl)n1)C1CC1. The highest BCUT2D eigenvalue weighted by Crippen LogP contribution is 2.31. The third-order valence-electron chi connectivity index (χ3n) is 2.54. The Morgan fingerprint density at radius 3 is 2.73 bits per heavy atom. The summed E-state index contributed by atoms with van der Waals surface area (Å²) in [5.41, 5.74) is 0. The summed E-state index contributed by atoms with van der Waals surface area (Å²) in [7, 11) is 0. The van der Waals surface area contributed by atoms with Gasteiger partial charge in [-0.3, -0.25) is 0 Å². The third kappa shape index (κ3) is 2.85. The molecule has 2 rings (SSSR count). The molecule has 1 aliphatic carbocycles. The second-order valence-corrected chi connectivity index (χ2v) is 4.98. The lowest BCUT2D eigenvalue weighted by Crippen LogP contribution is -2.30. The van der Waals surface area contributed by atoms with Crippen molar-refractivity contribution in [2.75, 3.05) is 11.4 Å². The van der Waals surface area contributed by atoms with Crippen LogP contribution < -0.4 is 4.90 Å². The van der Waals surface area contributed by atoms with Gasteiger partial charge in [-0.2, -0.15) is 0 Å². The minimum atomic E-state index is 0.585. The van der Waals surface area contributed by atoms with Crippen LogP contribution in [0.2, 0.25) is 5.15 Å². The molecular weight excluding hydrogens is 208 g/mol. The van der Waals surface area contributed by atoms with E-state index in [1.165, 1.54) is 12.8 Å². The van der Waals surface area contributed by atoms with Crippen LogP contribution >= 0.6 is 11.6 Å². The predicted molar refractivity (Wildman–Crippen MR) is 64.5 cm³/mol. The molecule has 82 valence electrons. The first-order chi connectivity index (χ1) is 7.16. The van der Waals surface area contributed by atoms with Crippen LogP contribution in [0.25, 0.3) is 0 Å². The standard InChI is InChI=1S/C12H17ClN2/c1-9(2)8-15(10-6-7-10)12-5-3-4-11(13)14-12/h3-5,9-10H,6-8H2,1-2H3. The minimum absolute atomic E-state index is 0.585. The van der Waals surface area contributed by atoms with Gasteiger partial charge in [-0.15, -0.1) is 0 Å². The molecule has 15 heavy (non-hydrogen) atoms. The number of anilines is 1. The number of hydrogen-bond donors (Lipinski definition) is 0. The van der Waals surface area contributed by atoms with Crippen LogP contribution in [0.5, 0.6) is 0 Å². The van der Waals surface area contributed by atoms with Gasteiger partial charge in [0.25, 0.3) is 0 Å². The topological polar surface area (TPSA) is 16.1 Å². The van der Waals surface area contributed by atoms with Crippen LogP contribution in [0, 0.1) is 5.92 Å². The Morgan fingerprint density at radius 1 is 1.47 bits per heavy atom. The van der Waals surface area contributed by atoms with E-state index < -0.39 is 0 Å². The zero-order valence-corrected chi connectivity index (χ0v) is 10.0. The van der Waals surface area contributed by atoms with E-state index in [1.807, 2.05) is 18.2 Å². The Bertz CT molecular complexity index is 334. The summed E-state index contributed by atoms with van der Waals surface area (Å²) in [4.78, 5) is 6.76. The van der Waals surface area contributed by atoms with E-state index in [9.17, 15) is 0 Å². The molecule has 0 amide bonds. The van der Waals surface area contributed by atoms with Crippen LogP contribution in [0.4, 0.5) is 5.82 Å². The highest BCUT2D eigenvalue weighted by atomic mass is 35.5.